The lowest BCUT2D eigenvalue weighted by Crippen LogP contribution is -2.53. The highest BCUT2D eigenvalue weighted by atomic mass is 19.4. The van der Waals surface area contributed by atoms with Crippen molar-refractivity contribution in [1.29, 1.82) is 0 Å². The van der Waals surface area contributed by atoms with E-state index in [1.54, 1.807) is 12.1 Å². The van der Waals surface area contributed by atoms with Crippen LogP contribution in [0.2, 0.25) is 0 Å². The molecule has 0 radical (unpaired) electrons. The third-order valence-electron chi connectivity index (χ3n) is 5.00. The van der Waals surface area contributed by atoms with E-state index in [1.807, 2.05) is 12.1 Å². The van der Waals surface area contributed by atoms with Crippen LogP contribution in [0.15, 0.2) is 24.3 Å². The average Bonchev–Trinajstić information content (AvgIpc) is 3.13. The number of nitrogens with one attached hydrogen (secondary N) is 2. The normalized spacial score (nSPS) is 25.3. The molecule has 2 aliphatic carbocycles. The van der Waals surface area contributed by atoms with Gasteiger partial charge in [0.25, 0.3) is 0 Å². The number of rotatable bonds is 3. The lowest BCUT2D eigenvalue weighted by Gasteiger charge is -2.28. The zero-order chi connectivity index (χ0) is 17.3. The smallest absolute Gasteiger partial charge is 0.390 e. The van der Waals surface area contributed by atoms with Crippen LogP contribution in [-0.2, 0) is 6.42 Å². The van der Waals surface area contributed by atoms with Crippen LogP contribution in [0, 0.1) is 5.92 Å². The Balaban J connectivity index is 1.68. The molecule has 1 unspecified atom stereocenters. The monoisotopic (exact) mass is 342 g/mol. The molecule has 2 amide bonds. The average molecular weight is 342 g/mol. The van der Waals surface area contributed by atoms with E-state index in [1.165, 1.54) is 0 Å². The number of aliphatic hydroxyl groups excluding tert-OH is 1. The Hall–Kier alpha value is -1.76. The number of carbonyl (C=O) groups excluding carboxylic acids is 1. The molecule has 3 N–H and O–H groups in total. The highest BCUT2D eigenvalue weighted by Gasteiger charge is 2.46. The fourth-order valence-electron chi connectivity index (χ4n) is 3.83. The van der Waals surface area contributed by atoms with Crippen molar-refractivity contribution in [2.24, 2.45) is 5.92 Å². The van der Waals surface area contributed by atoms with Crippen LogP contribution in [-0.4, -0.2) is 29.5 Å². The second-order valence-corrected chi connectivity index (χ2v) is 6.63. The summed E-state index contributed by atoms with van der Waals surface area (Å²) in [6, 6.07) is 3.82. The predicted octanol–water partition coefficient (Wildman–Crippen LogP) is 3.07. The molecule has 1 fully saturated rings. The third-order valence-corrected chi connectivity index (χ3v) is 5.00. The van der Waals surface area contributed by atoms with Crippen LogP contribution in [0.5, 0.6) is 0 Å². The fourth-order valence-corrected chi connectivity index (χ4v) is 3.83. The Morgan fingerprint density at radius 3 is 2.54 bits per heavy atom. The van der Waals surface area contributed by atoms with Crippen molar-refractivity contribution < 1.29 is 23.1 Å². The zero-order valence-electron chi connectivity index (χ0n) is 13.1. The fraction of sp³-hybridized carbons (Fsp3) is 0.588. The molecule has 7 heteroatoms. The number of alkyl halides is 3. The van der Waals surface area contributed by atoms with Gasteiger partial charge in [0.05, 0.1) is 12.1 Å². The molecular formula is C17H21F3N2O2. The molecule has 1 aromatic carbocycles. The van der Waals surface area contributed by atoms with Crippen LogP contribution in [0.1, 0.15) is 42.9 Å². The number of fused-ring (bicyclic) bond motifs is 1. The van der Waals surface area contributed by atoms with Gasteiger partial charge in [-0.25, -0.2) is 4.79 Å². The first kappa shape index (κ1) is 17.1. The summed E-state index contributed by atoms with van der Waals surface area (Å²) < 4.78 is 39.8. The lowest BCUT2D eigenvalue weighted by molar-refractivity contribution is -0.164. The highest BCUT2D eigenvalue weighted by Crippen LogP contribution is 2.36. The second kappa shape index (κ2) is 6.63. The highest BCUT2D eigenvalue weighted by molar-refractivity contribution is 5.75. The van der Waals surface area contributed by atoms with Crippen molar-refractivity contribution in [3.63, 3.8) is 0 Å². The molecule has 1 saturated carbocycles. The molecule has 0 aromatic heterocycles. The van der Waals surface area contributed by atoms with Gasteiger partial charge in [0.15, 0.2) is 0 Å². The summed E-state index contributed by atoms with van der Waals surface area (Å²) in [6.07, 6.45) is -2.46. The molecule has 0 spiro atoms. The summed E-state index contributed by atoms with van der Waals surface area (Å²) in [5.74, 6) is -0.573. The van der Waals surface area contributed by atoms with Crippen molar-refractivity contribution in [3.8, 4) is 0 Å². The molecule has 3 atom stereocenters. The summed E-state index contributed by atoms with van der Waals surface area (Å²) in [4.78, 5) is 12.1. The minimum atomic E-state index is -4.47. The van der Waals surface area contributed by atoms with E-state index in [0.29, 0.717) is 19.3 Å². The first-order valence-electron chi connectivity index (χ1n) is 8.26. The van der Waals surface area contributed by atoms with E-state index in [-0.39, 0.29) is 0 Å². The minimum absolute atomic E-state index is 0.381. The maximum atomic E-state index is 13.3. The van der Waals surface area contributed by atoms with Gasteiger partial charge in [-0.15, -0.1) is 0 Å². The number of hydrogen-bond acceptors (Lipinski definition) is 2. The second-order valence-electron chi connectivity index (χ2n) is 6.63. The van der Waals surface area contributed by atoms with Crippen LogP contribution in [0.4, 0.5) is 18.0 Å². The third kappa shape index (κ3) is 3.50. The van der Waals surface area contributed by atoms with Crippen molar-refractivity contribution in [2.75, 3.05) is 0 Å². The number of benzene rings is 1. The van der Waals surface area contributed by atoms with E-state index in [2.05, 4.69) is 10.6 Å². The van der Waals surface area contributed by atoms with Crippen molar-refractivity contribution in [1.82, 2.24) is 10.6 Å². The minimum Gasteiger partial charge on any atom is -0.390 e. The SMILES string of the molecule is O=C(NC(C1CCCC1)C(F)(F)F)N[C@@H]1c2ccccc2C[C@@H]1O. The molecule has 3 rings (SSSR count). The van der Waals surface area contributed by atoms with E-state index >= 15 is 0 Å². The standard InChI is InChI=1S/C17H21F3N2O2/c18-17(19,20)15(10-5-1-2-6-10)22-16(24)21-14-12-8-4-3-7-11(12)9-13(14)23/h3-4,7-8,10,13-15,23H,1-2,5-6,9H2,(H2,21,22,24)/t13-,14+,15?/m0/s1. The molecule has 132 valence electrons. The molecule has 0 bridgehead atoms. The van der Waals surface area contributed by atoms with Crippen LogP contribution in [0.3, 0.4) is 0 Å². The molecule has 4 nitrogen and oxygen atoms in total. The molecule has 1 aromatic rings. The zero-order valence-corrected chi connectivity index (χ0v) is 13.1. The van der Waals surface area contributed by atoms with Gasteiger partial charge in [0.2, 0.25) is 0 Å². The Labute approximate surface area is 138 Å². The van der Waals surface area contributed by atoms with Gasteiger partial charge in [0, 0.05) is 6.42 Å². The Bertz CT molecular complexity index is 600. The van der Waals surface area contributed by atoms with Crippen LogP contribution in [0.25, 0.3) is 0 Å². The van der Waals surface area contributed by atoms with Crippen LogP contribution < -0.4 is 10.6 Å². The van der Waals surface area contributed by atoms with Crippen molar-refractivity contribution >= 4 is 6.03 Å². The Morgan fingerprint density at radius 1 is 1.21 bits per heavy atom. The largest absolute Gasteiger partial charge is 0.408 e. The van der Waals surface area contributed by atoms with Crippen LogP contribution >= 0.6 is 0 Å². The molecule has 0 saturated heterocycles. The lowest BCUT2D eigenvalue weighted by atomic mass is 9.98. The van der Waals surface area contributed by atoms with Gasteiger partial charge in [-0.05, 0) is 29.9 Å². The van der Waals surface area contributed by atoms with E-state index in [9.17, 15) is 23.1 Å². The molecule has 0 aliphatic heterocycles. The maximum absolute atomic E-state index is 13.3. The number of urea groups is 1. The van der Waals surface area contributed by atoms with Crippen molar-refractivity contribution in [2.45, 2.75) is 56.5 Å². The molecule has 2 aliphatic rings. The first-order valence-corrected chi connectivity index (χ1v) is 8.26. The van der Waals surface area contributed by atoms with E-state index < -0.39 is 36.3 Å². The van der Waals surface area contributed by atoms with E-state index in [0.717, 1.165) is 24.0 Å². The maximum Gasteiger partial charge on any atom is 0.408 e. The molecule has 0 heterocycles. The number of aliphatic hydroxyl groups is 1. The number of amides is 2. The summed E-state index contributed by atoms with van der Waals surface area (Å²) in [5, 5.41) is 14.7. The number of halogens is 3. The molecule has 24 heavy (non-hydrogen) atoms. The van der Waals surface area contributed by atoms with Gasteiger partial charge in [-0.3, -0.25) is 0 Å². The summed E-state index contributed by atoms with van der Waals surface area (Å²) in [7, 11) is 0. The molecular weight excluding hydrogens is 321 g/mol. The Morgan fingerprint density at radius 2 is 1.88 bits per heavy atom. The van der Waals surface area contributed by atoms with Crippen molar-refractivity contribution in [3.05, 3.63) is 35.4 Å². The van der Waals surface area contributed by atoms with Gasteiger partial charge in [-0.1, -0.05) is 37.1 Å². The summed E-state index contributed by atoms with van der Waals surface area (Å²) >= 11 is 0. The van der Waals surface area contributed by atoms with Gasteiger partial charge < -0.3 is 15.7 Å². The van der Waals surface area contributed by atoms with Gasteiger partial charge in [-0.2, -0.15) is 13.2 Å². The number of hydrogen-bond donors (Lipinski definition) is 3. The quantitative estimate of drug-likeness (QED) is 0.791. The number of carbonyl (C=O) groups is 1. The Kier molecular flexibility index (Phi) is 4.71. The summed E-state index contributed by atoms with van der Waals surface area (Å²) in [5.41, 5.74) is 1.66. The predicted molar refractivity (Wildman–Crippen MR) is 82.4 cm³/mol. The van der Waals surface area contributed by atoms with Gasteiger partial charge >= 0.3 is 12.2 Å². The topological polar surface area (TPSA) is 61.4 Å². The first-order chi connectivity index (χ1) is 11.4. The summed E-state index contributed by atoms with van der Waals surface area (Å²) in [6.45, 7) is 0. The van der Waals surface area contributed by atoms with E-state index in [4.69, 9.17) is 0 Å². The van der Waals surface area contributed by atoms with Gasteiger partial charge in [0.1, 0.15) is 6.04 Å².